The highest BCUT2D eigenvalue weighted by Crippen LogP contribution is 2.44. The molecule has 0 aliphatic heterocycles. The first-order valence-corrected chi connectivity index (χ1v) is 9.57. The zero-order chi connectivity index (χ0) is 19.7. The molecule has 2 N–H and O–H groups in total. The first-order valence-electron chi connectivity index (χ1n) is 7.99. The number of nitrogens with zero attached hydrogens (tertiary/aromatic N) is 2. The molecule has 28 heavy (non-hydrogen) atoms. The fourth-order valence-electron chi connectivity index (χ4n) is 2.46. The number of aromatic hydroxyl groups is 1. The van der Waals surface area contributed by atoms with Gasteiger partial charge >= 0.3 is 0 Å². The van der Waals surface area contributed by atoms with E-state index in [1.807, 2.05) is 18.2 Å². The van der Waals surface area contributed by atoms with Crippen molar-refractivity contribution in [1.29, 1.82) is 0 Å². The molecule has 2 aromatic carbocycles. The van der Waals surface area contributed by atoms with E-state index in [0.29, 0.717) is 36.9 Å². The summed E-state index contributed by atoms with van der Waals surface area (Å²) in [5.74, 6) is 0.0983. The van der Waals surface area contributed by atoms with E-state index in [1.54, 1.807) is 18.2 Å². The van der Waals surface area contributed by atoms with Crippen molar-refractivity contribution in [3.63, 3.8) is 0 Å². The van der Waals surface area contributed by atoms with Crippen LogP contribution in [-0.4, -0.2) is 21.0 Å². The van der Waals surface area contributed by atoms with E-state index in [1.165, 1.54) is 18.3 Å². The van der Waals surface area contributed by atoms with Gasteiger partial charge in [-0.2, -0.15) is 0 Å². The minimum absolute atomic E-state index is 0.0982. The Morgan fingerprint density at radius 2 is 1.93 bits per heavy atom. The molecule has 9 heteroatoms. The predicted octanol–water partition coefficient (Wildman–Crippen LogP) is 5.75. The summed E-state index contributed by atoms with van der Waals surface area (Å²) in [5.41, 5.74) is 0.417. The summed E-state index contributed by atoms with van der Waals surface area (Å²) in [6.07, 6.45) is 1.41. The van der Waals surface area contributed by atoms with E-state index in [0.717, 1.165) is 11.3 Å². The zero-order valence-corrected chi connectivity index (χ0v) is 16.3. The fourth-order valence-corrected chi connectivity index (χ4v) is 3.97. The average Bonchev–Trinajstić information content (AvgIpc) is 3.08. The minimum Gasteiger partial charge on any atom is -0.505 e. The lowest BCUT2D eigenvalue weighted by molar-refractivity contribution is 0.101. The van der Waals surface area contributed by atoms with Crippen LogP contribution >= 0.6 is 34.5 Å². The first kappa shape index (κ1) is 18.5. The SMILES string of the molecule is O=C(Nc1nc2cc(Cl)c(Oc3ccccc3)c(Cl)c2s1)c1ncccc1O. The Balaban J connectivity index is 1.67. The van der Waals surface area contributed by atoms with Crippen LogP contribution in [0.2, 0.25) is 10.0 Å². The van der Waals surface area contributed by atoms with Crippen molar-refractivity contribution in [2.24, 2.45) is 0 Å². The van der Waals surface area contributed by atoms with Gasteiger partial charge in [0.2, 0.25) is 0 Å². The number of hydrogen-bond acceptors (Lipinski definition) is 6. The Kier molecular flexibility index (Phi) is 5.04. The number of nitrogens with one attached hydrogen (secondary N) is 1. The van der Waals surface area contributed by atoms with Crippen LogP contribution in [0.1, 0.15) is 10.5 Å². The van der Waals surface area contributed by atoms with Gasteiger partial charge in [0.05, 0.1) is 15.2 Å². The third kappa shape index (κ3) is 3.60. The van der Waals surface area contributed by atoms with Crippen molar-refractivity contribution in [2.75, 3.05) is 5.32 Å². The lowest BCUT2D eigenvalue weighted by Crippen LogP contribution is -2.13. The largest absolute Gasteiger partial charge is 0.505 e. The fraction of sp³-hybridized carbons (Fsp3) is 0. The standard InChI is InChI=1S/C19H11Cl2N3O3S/c20-11-9-12-17(14(21)16(11)27-10-5-2-1-3-6-10)28-19(23-12)24-18(26)15-13(25)7-4-8-22-15/h1-9,25H,(H,23,24,26). The quantitative estimate of drug-likeness (QED) is 0.429. The number of anilines is 1. The van der Waals surface area contributed by atoms with Crippen LogP contribution in [0.3, 0.4) is 0 Å². The molecule has 0 aliphatic rings. The van der Waals surface area contributed by atoms with Crippen LogP contribution in [0.5, 0.6) is 17.2 Å². The maximum absolute atomic E-state index is 12.3. The van der Waals surface area contributed by atoms with Gasteiger partial charge in [-0.05, 0) is 30.3 Å². The summed E-state index contributed by atoms with van der Waals surface area (Å²) in [6.45, 7) is 0. The maximum Gasteiger partial charge on any atom is 0.279 e. The molecule has 2 heterocycles. The number of carbonyl (C=O) groups is 1. The van der Waals surface area contributed by atoms with Crippen LogP contribution in [0.4, 0.5) is 5.13 Å². The Hall–Kier alpha value is -2.87. The molecule has 2 aromatic heterocycles. The van der Waals surface area contributed by atoms with E-state index < -0.39 is 5.91 Å². The van der Waals surface area contributed by atoms with E-state index >= 15 is 0 Å². The molecule has 4 rings (SSSR count). The summed E-state index contributed by atoms with van der Waals surface area (Å²) < 4.78 is 6.42. The molecule has 0 saturated carbocycles. The van der Waals surface area contributed by atoms with E-state index in [-0.39, 0.29) is 11.4 Å². The number of para-hydroxylation sites is 1. The molecular formula is C19H11Cl2N3O3S. The Morgan fingerprint density at radius 1 is 1.14 bits per heavy atom. The van der Waals surface area contributed by atoms with Gasteiger partial charge in [0.1, 0.15) is 16.5 Å². The monoisotopic (exact) mass is 431 g/mol. The molecule has 0 atom stereocenters. The zero-order valence-electron chi connectivity index (χ0n) is 14.0. The van der Waals surface area contributed by atoms with Gasteiger partial charge in [-0.25, -0.2) is 9.97 Å². The first-order chi connectivity index (χ1) is 13.5. The number of fused-ring (bicyclic) bond motifs is 1. The molecule has 0 saturated heterocycles. The van der Waals surface area contributed by atoms with Crippen molar-refractivity contribution < 1.29 is 14.6 Å². The van der Waals surface area contributed by atoms with E-state index in [4.69, 9.17) is 27.9 Å². The number of carbonyl (C=O) groups excluding carboxylic acids is 1. The Labute approximate surface area is 173 Å². The molecule has 140 valence electrons. The summed E-state index contributed by atoms with van der Waals surface area (Å²) in [5, 5.41) is 13.3. The van der Waals surface area contributed by atoms with Crippen LogP contribution in [0, 0.1) is 0 Å². The molecule has 0 spiro atoms. The summed E-state index contributed by atoms with van der Waals surface area (Å²) in [4.78, 5) is 20.5. The Bertz CT molecular complexity index is 1180. The number of halogens is 2. The van der Waals surface area contributed by atoms with Crippen molar-refractivity contribution in [1.82, 2.24) is 9.97 Å². The predicted molar refractivity (Wildman–Crippen MR) is 110 cm³/mol. The van der Waals surface area contributed by atoms with Gasteiger partial charge in [-0.15, -0.1) is 0 Å². The number of hydrogen-bond donors (Lipinski definition) is 2. The maximum atomic E-state index is 12.3. The molecular weight excluding hydrogens is 421 g/mol. The van der Waals surface area contributed by atoms with Gasteiger partial charge in [0, 0.05) is 6.20 Å². The Morgan fingerprint density at radius 3 is 2.68 bits per heavy atom. The molecule has 0 fully saturated rings. The molecule has 0 radical (unpaired) electrons. The molecule has 0 bridgehead atoms. The van der Waals surface area contributed by atoms with Crippen molar-refractivity contribution in [2.45, 2.75) is 0 Å². The topological polar surface area (TPSA) is 84.3 Å². The van der Waals surface area contributed by atoms with Crippen LogP contribution in [0.15, 0.2) is 54.7 Å². The van der Waals surface area contributed by atoms with Crippen molar-refractivity contribution in [3.8, 4) is 17.2 Å². The lowest BCUT2D eigenvalue weighted by Gasteiger charge is -2.09. The third-order valence-corrected chi connectivity index (χ3v) is 5.48. The van der Waals surface area contributed by atoms with E-state index in [2.05, 4.69) is 15.3 Å². The molecule has 4 aromatic rings. The van der Waals surface area contributed by atoms with Crippen LogP contribution in [-0.2, 0) is 0 Å². The van der Waals surface area contributed by atoms with Crippen LogP contribution < -0.4 is 10.1 Å². The van der Waals surface area contributed by atoms with Gasteiger partial charge in [-0.1, -0.05) is 52.7 Å². The van der Waals surface area contributed by atoms with Crippen LogP contribution in [0.25, 0.3) is 10.2 Å². The minimum atomic E-state index is -0.583. The molecule has 0 unspecified atom stereocenters. The average molecular weight is 432 g/mol. The van der Waals surface area contributed by atoms with Gasteiger partial charge in [0.25, 0.3) is 5.91 Å². The summed E-state index contributed by atoms with van der Waals surface area (Å²) >= 11 is 14.0. The second-order valence-corrected chi connectivity index (χ2v) is 7.39. The molecule has 1 amide bonds. The number of pyridine rings is 1. The van der Waals surface area contributed by atoms with Gasteiger partial charge in [0.15, 0.2) is 16.6 Å². The highest BCUT2D eigenvalue weighted by molar-refractivity contribution is 7.23. The highest BCUT2D eigenvalue weighted by Gasteiger charge is 2.19. The van der Waals surface area contributed by atoms with Gasteiger partial charge in [-0.3, -0.25) is 10.1 Å². The number of aromatic nitrogens is 2. The number of amides is 1. The number of ether oxygens (including phenoxy) is 1. The lowest BCUT2D eigenvalue weighted by atomic mass is 10.3. The molecule has 0 aliphatic carbocycles. The smallest absolute Gasteiger partial charge is 0.279 e. The second-order valence-electron chi connectivity index (χ2n) is 5.61. The number of thiazole rings is 1. The second kappa shape index (κ2) is 7.63. The molecule has 6 nitrogen and oxygen atoms in total. The van der Waals surface area contributed by atoms with Crippen molar-refractivity contribution in [3.05, 3.63) is 70.5 Å². The highest BCUT2D eigenvalue weighted by atomic mass is 35.5. The normalized spacial score (nSPS) is 10.8. The number of rotatable bonds is 4. The van der Waals surface area contributed by atoms with E-state index in [9.17, 15) is 9.90 Å². The van der Waals surface area contributed by atoms with Crippen molar-refractivity contribution >= 4 is 55.8 Å². The van der Waals surface area contributed by atoms with Gasteiger partial charge < -0.3 is 9.84 Å². The third-order valence-electron chi connectivity index (χ3n) is 3.72. The summed E-state index contributed by atoms with van der Waals surface area (Å²) in [7, 11) is 0. The number of benzene rings is 2. The summed E-state index contributed by atoms with van der Waals surface area (Å²) in [6, 6.07) is 13.6.